The van der Waals surface area contributed by atoms with Gasteiger partial charge in [-0.05, 0) is 24.3 Å². The fraction of sp³-hybridized carbons (Fsp3) is 0.278. The third kappa shape index (κ3) is 2.88. The number of pyridine rings is 1. The molecular weight excluding hydrogens is 361 g/mol. The van der Waals surface area contributed by atoms with Crippen LogP contribution in [0, 0.1) is 11.6 Å². The van der Waals surface area contributed by atoms with Gasteiger partial charge in [0.15, 0.2) is 11.5 Å². The van der Waals surface area contributed by atoms with Gasteiger partial charge in [0.05, 0.1) is 23.5 Å². The minimum absolute atomic E-state index is 0.0233. The molecule has 2 atom stereocenters. The number of aromatic carboxylic acids is 1. The second kappa shape index (κ2) is 6.26. The summed E-state index contributed by atoms with van der Waals surface area (Å²) in [6.45, 7) is -0.0654. The molecule has 0 saturated carbocycles. The number of benzene rings is 1. The van der Waals surface area contributed by atoms with Crippen LogP contribution < -0.4 is 4.90 Å². The van der Waals surface area contributed by atoms with Gasteiger partial charge in [-0.2, -0.15) is 5.10 Å². The Morgan fingerprint density at radius 2 is 2.07 bits per heavy atom. The molecule has 140 valence electrons. The Labute approximate surface area is 151 Å². The van der Waals surface area contributed by atoms with Gasteiger partial charge in [0.1, 0.15) is 17.8 Å². The first kappa shape index (κ1) is 17.3. The van der Waals surface area contributed by atoms with Crippen molar-refractivity contribution < 1.29 is 23.1 Å². The van der Waals surface area contributed by atoms with Crippen LogP contribution >= 0.6 is 0 Å². The minimum atomic E-state index is -1.26. The average molecular weight is 376 g/mol. The van der Waals surface area contributed by atoms with E-state index >= 15 is 0 Å². The normalized spacial score (nSPS) is 19.8. The van der Waals surface area contributed by atoms with Gasteiger partial charge in [-0.25, -0.2) is 27.6 Å². The summed E-state index contributed by atoms with van der Waals surface area (Å²) in [7, 11) is 1.63. The maximum Gasteiger partial charge on any atom is 0.337 e. The van der Waals surface area contributed by atoms with Crippen molar-refractivity contribution in [1.82, 2.24) is 14.8 Å². The highest BCUT2D eigenvalue weighted by Gasteiger charge is 2.37. The second-order valence-corrected chi connectivity index (χ2v) is 6.51. The molecule has 0 bridgehead atoms. The van der Waals surface area contributed by atoms with Crippen LogP contribution in [-0.4, -0.2) is 38.6 Å². The molecular formula is C18H15F3N4O2. The fourth-order valence-electron chi connectivity index (χ4n) is 3.54. The van der Waals surface area contributed by atoms with E-state index in [1.165, 1.54) is 21.8 Å². The molecule has 3 heterocycles. The Hall–Kier alpha value is -3.10. The number of aromatic nitrogens is 3. The van der Waals surface area contributed by atoms with E-state index in [1.807, 2.05) is 0 Å². The van der Waals surface area contributed by atoms with Gasteiger partial charge in [-0.15, -0.1) is 0 Å². The highest BCUT2D eigenvalue weighted by Crippen LogP contribution is 2.40. The van der Waals surface area contributed by atoms with Gasteiger partial charge < -0.3 is 10.0 Å². The zero-order chi connectivity index (χ0) is 19.3. The van der Waals surface area contributed by atoms with Crippen LogP contribution in [-0.2, 0) is 7.05 Å². The van der Waals surface area contributed by atoms with E-state index in [2.05, 4.69) is 10.1 Å². The van der Waals surface area contributed by atoms with Crippen molar-refractivity contribution in [3.05, 3.63) is 53.2 Å². The monoisotopic (exact) mass is 376 g/mol. The molecule has 1 aliphatic heterocycles. The average Bonchev–Trinajstić information content (AvgIpc) is 3.17. The third-order valence-electron chi connectivity index (χ3n) is 4.74. The number of carboxylic acid groups (broad SMARTS) is 1. The number of nitrogens with zero attached hydrogens (tertiary/aromatic N) is 4. The molecule has 1 aromatic carbocycles. The Balaban J connectivity index is 1.87. The zero-order valence-electron chi connectivity index (χ0n) is 14.2. The van der Waals surface area contributed by atoms with Crippen LogP contribution in [0.25, 0.3) is 11.0 Å². The summed E-state index contributed by atoms with van der Waals surface area (Å²) in [5.41, 5.74) is 0.410. The van der Waals surface area contributed by atoms with Crippen molar-refractivity contribution >= 4 is 22.8 Å². The summed E-state index contributed by atoms with van der Waals surface area (Å²) in [5, 5.41) is 14.0. The van der Waals surface area contributed by atoms with Crippen LogP contribution in [0.2, 0.25) is 0 Å². The van der Waals surface area contributed by atoms with Crippen LogP contribution in [0.15, 0.2) is 30.5 Å². The second-order valence-electron chi connectivity index (χ2n) is 6.51. The lowest BCUT2D eigenvalue weighted by Gasteiger charge is -2.25. The summed E-state index contributed by atoms with van der Waals surface area (Å²) >= 11 is 0. The predicted molar refractivity (Wildman–Crippen MR) is 91.4 cm³/mol. The lowest BCUT2D eigenvalue weighted by atomic mass is 10.0. The standard InChI is InChI=1S/C18H15F3N4O2/c1-24-16-13(4-9(7-22-16)18(26)27)17(23-24)25-8-11(20)6-15(25)12-5-10(19)2-3-14(12)21/h2-5,7,11,15H,6,8H2,1H3,(H,26,27)/t11-,15+/m0/s1. The lowest BCUT2D eigenvalue weighted by molar-refractivity contribution is 0.0696. The van der Waals surface area contributed by atoms with Crippen molar-refractivity contribution in [2.45, 2.75) is 18.6 Å². The van der Waals surface area contributed by atoms with Crippen LogP contribution in [0.1, 0.15) is 28.4 Å². The number of anilines is 1. The van der Waals surface area contributed by atoms with E-state index in [0.29, 0.717) is 11.0 Å². The van der Waals surface area contributed by atoms with Crippen molar-refractivity contribution in [2.24, 2.45) is 7.05 Å². The summed E-state index contributed by atoms with van der Waals surface area (Å²) in [5.74, 6) is -2.12. The maximum absolute atomic E-state index is 14.3. The molecule has 3 aromatic rings. The maximum atomic E-state index is 14.3. The molecule has 1 fully saturated rings. The van der Waals surface area contributed by atoms with Crippen LogP contribution in [0.3, 0.4) is 0 Å². The van der Waals surface area contributed by atoms with Crippen LogP contribution in [0.4, 0.5) is 19.0 Å². The molecule has 1 saturated heterocycles. The van der Waals surface area contributed by atoms with E-state index in [1.54, 1.807) is 7.05 Å². The molecule has 27 heavy (non-hydrogen) atoms. The number of halogens is 3. The van der Waals surface area contributed by atoms with E-state index in [0.717, 1.165) is 18.2 Å². The number of fused-ring (bicyclic) bond motifs is 1. The van der Waals surface area contributed by atoms with Gasteiger partial charge in [-0.3, -0.25) is 0 Å². The zero-order valence-corrected chi connectivity index (χ0v) is 14.2. The van der Waals surface area contributed by atoms with E-state index in [4.69, 9.17) is 0 Å². The minimum Gasteiger partial charge on any atom is -0.478 e. The first-order chi connectivity index (χ1) is 12.8. The Kier molecular flexibility index (Phi) is 4.01. The Morgan fingerprint density at radius 1 is 1.30 bits per heavy atom. The molecule has 0 unspecified atom stereocenters. The van der Waals surface area contributed by atoms with Gasteiger partial charge >= 0.3 is 5.97 Å². The number of carboxylic acids is 1. The largest absolute Gasteiger partial charge is 0.478 e. The molecule has 9 heteroatoms. The van der Waals surface area contributed by atoms with E-state index < -0.39 is 29.8 Å². The number of alkyl halides is 1. The molecule has 0 aliphatic carbocycles. The molecule has 0 spiro atoms. The lowest BCUT2D eigenvalue weighted by Crippen LogP contribution is -2.25. The quantitative estimate of drug-likeness (QED) is 0.760. The molecule has 0 radical (unpaired) electrons. The van der Waals surface area contributed by atoms with Crippen molar-refractivity contribution in [2.75, 3.05) is 11.4 Å². The number of aryl methyl sites for hydroxylation is 1. The Morgan fingerprint density at radius 3 is 2.81 bits per heavy atom. The third-order valence-corrected chi connectivity index (χ3v) is 4.74. The molecule has 1 N–H and O–H groups in total. The Bertz CT molecular complexity index is 1050. The first-order valence-corrected chi connectivity index (χ1v) is 8.27. The highest BCUT2D eigenvalue weighted by molar-refractivity contribution is 5.96. The number of hydrogen-bond donors (Lipinski definition) is 1. The predicted octanol–water partition coefficient (Wildman–Crippen LogP) is 3.23. The summed E-state index contributed by atoms with van der Waals surface area (Å²) in [6.07, 6.45) is -0.0722. The summed E-state index contributed by atoms with van der Waals surface area (Å²) in [4.78, 5) is 16.9. The smallest absolute Gasteiger partial charge is 0.337 e. The van der Waals surface area contributed by atoms with Crippen molar-refractivity contribution in [1.29, 1.82) is 0 Å². The summed E-state index contributed by atoms with van der Waals surface area (Å²) in [6, 6.07) is 3.70. The molecule has 4 rings (SSSR count). The topological polar surface area (TPSA) is 71.2 Å². The first-order valence-electron chi connectivity index (χ1n) is 8.27. The van der Waals surface area contributed by atoms with Gasteiger partial charge in [0.2, 0.25) is 0 Å². The molecule has 2 aromatic heterocycles. The van der Waals surface area contributed by atoms with Gasteiger partial charge in [-0.1, -0.05) is 0 Å². The molecule has 0 amide bonds. The molecule has 1 aliphatic rings. The molecule has 6 nitrogen and oxygen atoms in total. The fourth-order valence-corrected chi connectivity index (χ4v) is 3.54. The summed E-state index contributed by atoms with van der Waals surface area (Å²) < 4.78 is 43.6. The SMILES string of the molecule is Cn1nc(N2C[C@@H](F)C[C@@H]2c2cc(F)ccc2F)c2cc(C(=O)O)cnc21. The number of rotatable bonds is 3. The highest BCUT2D eigenvalue weighted by atomic mass is 19.1. The number of hydrogen-bond acceptors (Lipinski definition) is 4. The van der Waals surface area contributed by atoms with Gasteiger partial charge in [0, 0.05) is 25.2 Å². The van der Waals surface area contributed by atoms with Crippen molar-refractivity contribution in [3.63, 3.8) is 0 Å². The van der Waals surface area contributed by atoms with Crippen molar-refractivity contribution in [3.8, 4) is 0 Å². The van der Waals surface area contributed by atoms with E-state index in [-0.39, 0.29) is 29.9 Å². The number of carbonyl (C=O) groups is 1. The van der Waals surface area contributed by atoms with Crippen LogP contribution in [0.5, 0.6) is 0 Å². The van der Waals surface area contributed by atoms with E-state index in [9.17, 15) is 23.1 Å². The van der Waals surface area contributed by atoms with Gasteiger partial charge in [0.25, 0.3) is 0 Å².